The molecule has 0 saturated heterocycles. The lowest BCUT2D eigenvalue weighted by molar-refractivity contribution is -0.124. The normalized spacial score (nSPS) is 14.7. The number of hydrogen-bond acceptors (Lipinski definition) is 4. The molecule has 3 atom stereocenters. The molecule has 2 aromatic carbocycles. The van der Waals surface area contributed by atoms with Crippen molar-refractivity contribution in [2.24, 2.45) is 5.41 Å². The largest absolute Gasteiger partial charge is 0.390 e. The number of benzene rings is 2. The summed E-state index contributed by atoms with van der Waals surface area (Å²) < 4.78 is 0. The van der Waals surface area contributed by atoms with Gasteiger partial charge in [0.1, 0.15) is 0 Å². The van der Waals surface area contributed by atoms with Crippen LogP contribution in [0.5, 0.6) is 0 Å². The van der Waals surface area contributed by atoms with E-state index in [2.05, 4.69) is 43.5 Å². The molecule has 2 aromatic rings. The highest BCUT2D eigenvalue weighted by Crippen LogP contribution is 2.20. The lowest BCUT2D eigenvalue weighted by atomic mass is 9.92. The van der Waals surface area contributed by atoms with Crippen LogP contribution in [-0.4, -0.2) is 61.8 Å². The third-order valence-corrected chi connectivity index (χ3v) is 5.72. The fraction of sp³-hybridized carbons (Fsp3) is 0.519. The standard InChI is InChI=1S/C27H41N3O2/c1-6-23(22-15-11-8-12-16-22)26(32)29-24(17-21-13-9-7-10-14-21)25(31)18-28-19-27(2,3)20-30(4)5/h7-16,23-25,28,31H,6,17-20H2,1-5H3,(H,29,32)/t23?,24-,25-/m0/s1. The van der Waals surface area contributed by atoms with Crippen molar-refractivity contribution in [1.82, 2.24) is 15.5 Å². The molecule has 3 N–H and O–H groups in total. The minimum absolute atomic E-state index is 0.0355. The van der Waals surface area contributed by atoms with Gasteiger partial charge in [0.25, 0.3) is 0 Å². The SMILES string of the molecule is CCC(C(=O)N[C@@H](Cc1ccccc1)[C@@H](O)CNCC(C)(C)CN(C)C)c1ccccc1. The average Bonchev–Trinajstić information content (AvgIpc) is 2.74. The van der Waals surface area contributed by atoms with Crippen LogP contribution in [0.4, 0.5) is 0 Å². The Morgan fingerprint density at radius 2 is 1.62 bits per heavy atom. The Balaban J connectivity index is 2.07. The van der Waals surface area contributed by atoms with Crippen molar-refractivity contribution < 1.29 is 9.90 Å². The van der Waals surface area contributed by atoms with Gasteiger partial charge >= 0.3 is 0 Å². The molecule has 0 aliphatic heterocycles. The monoisotopic (exact) mass is 439 g/mol. The maximum atomic E-state index is 13.2. The van der Waals surface area contributed by atoms with Gasteiger partial charge in [-0.1, -0.05) is 81.4 Å². The second-order valence-corrected chi connectivity index (χ2v) is 9.78. The van der Waals surface area contributed by atoms with Crippen LogP contribution < -0.4 is 10.6 Å². The molecule has 5 heteroatoms. The molecule has 0 radical (unpaired) electrons. The fourth-order valence-corrected chi connectivity index (χ4v) is 4.31. The minimum Gasteiger partial charge on any atom is -0.390 e. The first kappa shape index (κ1) is 26.0. The zero-order chi connectivity index (χ0) is 23.6. The van der Waals surface area contributed by atoms with Crippen LogP contribution in [0, 0.1) is 5.41 Å². The Kier molecular flexibility index (Phi) is 10.4. The van der Waals surface area contributed by atoms with E-state index in [-0.39, 0.29) is 23.3 Å². The predicted octanol–water partition coefficient (Wildman–Crippen LogP) is 3.45. The number of nitrogens with one attached hydrogen (secondary N) is 2. The van der Waals surface area contributed by atoms with Crippen LogP contribution in [0.2, 0.25) is 0 Å². The minimum atomic E-state index is -0.692. The Morgan fingerprint density at radius 3 is 2.19 bits per heavy atom. The van der Waals surface area contributed by atoms with E-state index in [4.69, 9.17) is 0 Å². The number of aliphatic hydroxyl groups excluding tert-OH is 1. The Hall–Kier alpha value is -2.21. The lowest BCUT2D eigenvalue weighted by Gasteiger charge is -2.31. The fourth-order valence-electron chi connectivity index (χ4n) is 4.31. The molecule has 0 aromatic heterocycles. The Morgan fingerprint density at radius 1 is 1.03 bits per heavy atom. The number of carbonyl (C=O) groups excluding carboxylic acids is 1. The zero-order valence-corrected chi connectivity index (χ0v) is 20.3. The van der Waals surface area contributed by atoms with Gasteiger partial charge in [0.2, 0.25) is 5.91 Å². The molecule has 32 heavy (non-hydrogen) atoms. The van der Waals surface area contributed by atoms with Gasteiger partial charge in [-0.2, -0.15) is 0 Å². The van der Waals surface area contributed by atoms with E-state index in [1.807, 2.05) is 67.6 Å². The summed E-state index contributed by atoms with van der Waals surface area (Å²) in [5, 5.41) is 17.6. The molecular weight excluding hydrogens is 398 g/mol. The van der Waals surface area contributed by atoms with Crippen LogP contribution in [-0.2, 0) is 11.2 Å². The topological polar surface area (TPSA) is 64.6 Å². The summed E-state index contributed by atoms with van der Waals surface area (Å²) in [7, 11) is 4.14. The predicted molar refractivity (Wildman–Crippen MR) is 133 cm³/mol. The molecule has 0 aliphatic rings. The molecule has 0 aliphatic carbocycles. The summed E-state index contributed by atoms with van der Waals surface area (Å²) in [6, 6.07) is 19.5. The molecule has 2 rings (SSSR count). The van der Waals surface area contributed by atoms with E-state index in [9.17, 15) is 9.90 Å². The third kappa shape index (κ3) is 8.73. The van der Waals surface area contributed by atoms with E-state index >= 15 is 0 Å². The van der Waals surface area contributed by atoms with Crippen LogP contribution in [0.15, 0.2) is 60.7 Å². The quantitative estimate of drug-likeness (QED) is 0.447. The van der Waals surface area contributed by atoms with Crippen molar-refractivity contribution in [3.63, 3.8) is 0 Å². The van der Waals surface area contributed by atoms with Crippen molar-refractivity contribution >= 4 is 5.91 Å². The summed E-state index contributed by atoms with van der Waals surface area (Å²) >= 11 is 0. The molecule has 5 nitrogen and oxygen atoms in total. The van der Waals surface area contributed by atoms with E-state index < -0.39 is 6.10 Å². The maximum Gasteiger partial charge on any atom is 0.227 e. The second kappa shape index (κ2) is 12.7. The first-order valence-corrected chi connectivity index (χ1v) is 11.6. The summed E-state index contributed by atoms with van der Waals surface area (Å²) in [6.45, 7) is 8.61. The van der Waals surface area contributed by atoms with Crippen molar-refractivity contribution in [2.75, 3.05) is 33.7 Å². The molecular formula is C27H41N3O2. The number of amides is 1. The number of rotatable bonds is 13. The first-order chi connectivity index (χ1) is 15.2. The second-order valence-electron chi connectivity index (χ2n) is 9.78. The molecule has 0 saturated carbocycles. The van der Waals surface area contributed by atoms with Gasteiger partial charge in [-0.3, -0.25) is 4.79 Å². The Bertz CT molecular complexity index is 793. The summed E-state index contributed by atoms with van der Waals surface area (Å²) in [6.07, 6.45) is 0.602. The lowest BCUT2D eigenvalue weighted by Crippen LogP contribution is -2.51. The van der Waals surface area contributed by atoms with Crippen LogP contribution in [0.25, 0.3) is 0 Å². The van der Waals surface area contributed by atoms with Crippen molar-refractivity contribution in [3.05, 3.63) is 71.8 Å². The third-order valence-electron chi connectivity index (χ3n) is 5.72. The van der Waals surface area contributed by atoms with Gasteiger partial charge in [-0.15, -0.1) is 0 Å². The van der Waals surface area contributed by atoms with Crippen molar-refractivity contribution in [2.45, 2.75) is 51.7 Å². The van der Waals surface area contributed by atoms with E-state index in [0.717, 1.165) is 24.2 Å². The van der Waals surface area contributed by atoms with E-state index in [1.165, 1.54) is 0 Å². The van der Waals surface area contributed by atoms with Gasteiger partial charge in [-0.05, 0) is 43.5 Å². The number of carbonyl (C=O) groups is 1. The molecule has 176 valence electrons. The van der Waals surface area contributed by atoms with Gasteiger partial charge in [0.05, 0.1) is 18.1 Å². The zero-order valence-electron chi connectivity index (χ0n) is 20.3. The molecule has 0 heterocycles. The number of nitrogens with zero attached hydrogens (tertiary/aromatic N) is 1. The highest BCUT2D eigenvalue weighted by molar-refractivity contribution is 5.83. The smallest absolute Gasteiger partial charge is 0.227 e. The van der Waals surface area contributed by atoms with Crippen molar-refractivity contribution in [3.8, 4) is 0 Å². The van der Waals surface area contributed by atoms with Gasteiger partial charge in [0, 0.05) is 19.6 Å². The van der Waals surface area contributed by atoms with E-state index in [1.54, 1.807) is 0 Å². The first-order valence-electron chi connectivity index (χ1n) is 11.6. The van der Waals surface area contributed by atoms with Crippen LogP contribution in [0.3, 0.4) is 0 Å². The molecule has 0 fully saturated rings. The van der Waals surface area contributed by atoms with Gasteiger partial charge in [0.15, 0.2) is 0 Å². The summed E-state index contributed by atoms with van der Waals surface area (Å²) in [5.41, 5.74) is 2.18. The Labute approximate surface area is 194 Å². The highest BCUT2D eigenvalue weighted by Gasteiger charge is 2.27. The van der Waals surface area contributed by atoms with Crippen molar-refractivity contribution in [1.29, 1.82) is 0 Å². The summed E-state index contributed by atoms with van der Waals surface area (Å²) in [5.74, 6) is -0.264. The van der Waals surface area contributed by atoms with Crippen LogP contribution >= 0.6 is 0 Å². The highest BCUT2D eigenvalue weighted by atomic mass is 16.3. The average molecular weight is 440 g/mol. The number of aliphatic hydroxyl groups is 1. The van der Waals surface area contributed by atoms with Gasteiger partial charge in [-0.25, -0.2) is 0 Å². The number of hydrogen-bond donors (Lipinski definition) is 3. The van der Waals surface area contributed by atoms with E-state index in [0.29, 0.717) is 19.4 Å². The maximum absolute atomic E-state index is 13.2. The van der Waals surface area contributed by atoms with Gasteiger partial charge < -0.3 is 20.6 Å². The molecule has 1 amide bonds. The molecule has 0 bridgehead atoms. The molecule has 1 unspecified atom stereocenters. The van der Waals surface area contributed by atoms with Crippen LogP contribution in [0.1, 0.15) is 44.2 Å². The summed E-state index contributed by atoms with van der Waals surface area (Å²) in [4.78, 5) is 15.4. The molecule has 0 spiro atoms.